The maximum atomic E-state index is 12.4. The zero-order valence-electron chi connectivity index (χ0n) is 9.96. The molecule has 0 bridgehead atoms. The van der Waals surface area contributed by atoms with E-state index in [0.29, 0.717) is 0 Å². The van der Waals surface area contributed by atoms with Crippen LogP contribution in [0.3, 0.4) is 0 Å². The molecule has 0 aromatic rings. The molecule has 2 unspecified atom stereocenters. The van der Waals surface area contributed by atoms with Gasteiger partial charge in [-0.05, 0) is 0 Å². The molecule has 0 aromatic heterocycles. The van der Waals surface area contributed by atoms with Crippen LogP contribution in [0.4, 0.5) is 35.1 Å². The predicted octanol–water partition coefficient (Wildman–Crippen LogP) is 1.06. The molecule has 0 saturated carbocycles. The number of rotatable bonds is 6. The molecule has 5 nitrogen and oxygen atoms in total. The molecule has 21 heavy (non-hydrogen) atoms. The number of hydrogen-bond acceptors (Lipinski definition) is 3. The molecule has 0 aliphatic rings. The summed E-state index contributed by atoms with van der Waals surface area (Å²) >= 11 is -9.48. The average molecular weight is 424 g/mol. The molecule has 0 rings (SSSR count). The van der Waals surface area contributed by atoms with Crippen LogP contribution in [0.5, 0.6) is 0 Å². The minimum Gasteiger partial charge on any atom is -0.301 e. The van der Waals surface area contributed by atoms with E-state index >= 15 is 0 Å². The van der Waals surface area contributed by atoms with Gasteiger partial charge in [0, 0.05) is 103 Å². The molecule has 0 saturated heterocycles. The van der Waals surface area contributed by atoms with Crippen molar-refractivity contribution in [2.45, 2.75) is 22.7 Å². The summed E-state index contributed by atoms with van der Waals surface area (Å²) in [5.41, 5.74) is 0. The normalized spacial score (nSPS) is 16.5. The summed E-state index contributed by atoms with van der Waals surface area (Å²) in [5, 5.41) is -12.3. The van der Waals surface area contributed by atoms with Crippen molar-refractivity contribution < 1.29 is 57.4 Å². The molecule has 2 N–H and O–H groups in total. The molecule has 0 aliphatic heterocycles. The van der Waals surface area contributed by atoms with E-state index in [2.05, 4.69) is 0 Å². The first kappa shape index (κ1) is 28.7. The van der Waals surface area contributed by atoms with Crippen LogP contribution in [0.1, 0.15) is 0 Å². The van der Waals surface area contributed by atoms with Gasteiger partial charge in [-0.15, -0.1) is 0 Å². The van der Waals surface area contributed by atoms with Crippen molar-refractivity contribution in [1.29, 1.82) is 0 Å². The third kappa shape index (κ3) is 6.61. The van der Waals surface area contributed by atoms with Crippen LogP contribution in [0.15, 0.2) is 0 Å². The molecule has 0 amide bonds. The Morgan fingerprint density at radius 1 is 0.667 bits per heavy atom. The maximum Gasteiger partial charge on any atom is 0.439 e. The molecule has 0 aromatic carbocycles. The minimum atomic E-state index is -6.51. The Morgan fingerprint density at radius 2 is 0.857 bits per heavy atom. The topological polar surface area (TPSA) is 83.8 Å². The summed E-state index contributed by atoms with van der Waals surface area (Å²) in [6, 6.07) is 0. The maximum absolute atomic E-state index is 12.4. The molecule has 0 spiro atoms. The summed E-state index contributed by atoms with van der Waals surface area (Å²) in [7, 11) is 0. The minimum absolute atomic E-state index is 0. The molecule has 118 valence electrons. The van der Waals surface area contributed by atoms with Crippen molar-refractivity contribution >= 4 is 125 Å². The summed E-state index contributed by atoms with van der Waals surface area (Å²) in [5.74, 6) is 0. The van der Waals surface area contributed by atoms with Gasteiger partial charge in [-0.3, -0.25) is 0 Å². The van der Waals surface area contributed by atoms with Crippen molar-refractivity contribution in [3.05, 3.63) is 0 Å². The molecule has 17 heteroatoms. The van der Waals surface area contributed by atoms with Gasteiger partial charge in [0.2, 0.25) is 22.2 Å². The first-order valence-corrected chi connectivity index (χ1v) is 5.74. The van der Waals surface area contributed by atoms with E-state index in [0.717, 1.165) is 0 Å². The second kappa shape index (κ2) is 9.55. The van der Waals surface area contributed by atoms with Crippen molar-refractivity contribution in [3.63, 3.8) is 0 Å². The molecule has 0 fully saturated rings. The van der Waals surface area contributed by atoms with Gasteiger partial charge >= 0.3 is 22.7 Å². The third-order valence-electron chi connectivity index (χ3n) is 1.37. The van der Waals surface area contributed by atoms with Crippen LogP contribution in [0.2, 0.25) is 0 Å². The summed E-state index contributed by atoms with van der Waals surface area (Å²) in [6.07, 6.45) is -13.0. The fourth-order valence-corrected chi connectivity index (χ4v) is 0.973. The molecular weight excluding hydrogens is 422 g/mol. The van der Waals surface area contributed by atoms with Gasteiger partial charge in [0.15, 0.2) is 0 Å². The van der Waals surface area contributed by atoms with Crippen LogP contribution in [-0.4, -0.2) is 143 Å². The Labute approximate surface area is 201 Å². The molecule has 0 aliphatic carbocycles. The second-order valence-electron chi connectivity index (χ2n) is 2.67. The van der Waals surface area contributed by atoms with Crippen LogP contribution >= 0.6 is 0 Å². The van der Waals surface area contributed by atoms with Crippen LogP contribution in [0.25, 0.3) is 0 Å². The smallest absolute Gasteiger partial charge is 0.301 e. The zero-order valence-corrected chi connectivity index (χ0v) is 17.8. The van der Waals surface area contributed by atoms with Crippen LogP contribution in [0, 0.1) is 0 Å². The van der Waals surface area contributed by atoms with Crippen LogP contribution < -0.4 is 0 Å². The number of ether oxygens (including phenoxy) is 1. The molecule has 0 heterocycles. The first-order chi connectivity index (χ1) is 8.09. The van der Waals surface area contributed by atoms with Crippen molar-refractivity contribution in [2.75, 3.05) is 0 Å². The van der Waals surface area contributed by atoms with E-state index in [1.165, 1.54) is 0 Å². The van der Waals surface area contributed by atoms with E-state index in [1.54, 1.807) is 4.74 Å². The monoisotopic (exact) mass is 424 g/mol. The van der Waals surface area contributed by atoms with Crippen LogP contribution in [-0.2, 0) is 26.9 Å². The van der Waals surface area contributed by atoms with E-state index in [1.807, 2.05) is 0 Å². The Morgan fingerprint density at radius 3 is 1.00 bits per heavy atom. The van der Waals surface area contributed by atoms with Crippen molar-refractivity contribution in [2.24, 2.45) is 0 Å². The van der Waals surface area contributed by atoms with Gasteiger partial charge in [-0.1, -0.05) is 0 Å². The van der Waals surface area contributed by atoms with Crippen molar-refractivity contribution in [3.8, 4) is 0 Å². The Kier molecular flexibility index (Phi) is 13.0. The zero-order chi connectivity index (χ0) is 15.9. The number of halogens is 8. The van der Waals surface area contributed by atoms with Gasteiger partial charge in [0.1, 0.15) is 0 Å². The van der Waals surface area contributed by atoms with E-state index in [-0.39, 0.29) is 103 Å². The van der Waals surface area contributed by atoms with Crippen molar-refractivity contribution in [1.82, 2.24) is 0 Å². The fourth-order valence-electron chi connectivity index (χ4n) is 0.483. The largest absolute Gasteiger partial charge is 0.439 e. The Bertz CT molecular complexity index is 370. The van der Waals surface area contributed by atoms with Gasteiger partial charge in [0.05, 0.1) is 0 Å². The second-order valence-corrected chi connectivity index (χ2v) is 4.69. The van der Waals surface area contributed by atoms with E-state index < -0.39 is 44.9 Å². The number of alkyl halides is 8. The molecular formula is C4H2F8K2O5S2. The van der Waals surface area contributed by atoms with E-state index in [4.69, 9.17) is 9.11 Å². The SMILES string of the molecule is O=S(O)C(F)(F)C(F)(F)OC(F)(F)C(F)(F)S(=O)O.[K].[K]. The fraction of sp³-hybridized carbons (Fsp3) is 1.00. The van der Waals surface area contributed by atoms with Gasteiger partial charge in [-0.2, -0.15) is 35.1 Å². The number of hydrogen-bond donors (Lipinski definition) is 2. The molecule has 2 radical (unpaired) electrons. The Balaban J connectivity index is -0.00000162. The summed E-state index contributed by atoms with van der Waals surface area (Å²) in [4.78, 5) is 0. The standard InChI is InChI=1S/C4H2F8O5S2.2K/c5-1(6,3(9,10)18(13)14)17-2(7,8)4(11,12)19(15)16;;/h(H,13,14)(H,15,16);;. The molecule has 2 atom stereocenters. The van der Waals surface area contributed by atoms with Gasteiger partial charge in [-0.25, -0.2) is 13.2 Å². The van der Waals surface area contributed by atoms with Gasteiger partial charge in [0.25, 0.3) is 0 Å². The van der Waals surface area contributed by atoms with Gasteiger partial charge < -0.3 is 9.11 Å². The average Bonchev–Trinajstić information content (AvgIpc) is 2.14. The predicted molar refractivity (Wildman–Crippen MR) is 53.9 cm³/mol. The summed E-state index contributed by atoms with van der Waals surface area (Å²) < 4.78 is 136. The Hall–Kier alpha value is 2.89. The third-order valence-corrected chi connectivity index (χ3v) is 2.73. The quantitative estimate of drug-likeness (QED) is 0.379. The van der Waals surface area contributed by atoms with E-state index in [9.17, 15) is 43.5 Å². The first-order valence-electron chi connectivity index (χ1n) is 3.53. The summed E-state index contributed by atoms with van der Waals surface area (Å²) in [6.45, 7) is 0.